The summed E-state index contributed by atoms with van der Waals surface area (Å²) < 4.78 is 13.1. The van der Waals surface area contributed by atoms with Gasteiger partial charge < -0.3 is 10.0 Å². The van der Waals surface area contributed by atoms with Crippen LogP contribution < -0.4 is 0 Å². The summed E-state index contributed by atoms with van der Waals surface area (Å²) in [6.45, 7) is 5.03. The maximum absolute atomic E-state index is 13.1. The Morgan fingerprint density at radius 3 is 2.30 bits per heavy atom. The third-order valence-corrected chi connectivity index (χ3v) is 4.11. The highest BCUT2D eigenvalue weighted by Gasteiger charge is 2.07. The molecule has 4 heteroatoms. The number of nitrogens with zero attached hydrogens (tertiary/aromatic N) is 1. The minimum Gasteiger partial charge on any atom is -0.505 e. The van der Waals surface area contributed by atoms with Gasteiger partial charge in [0.2, 0.25) is 0 Å². The Bertz CT molecular complexity index is 633. The van der Waals surface area contributed by atoms with Gasteiger partial charge in [0.25, 0.3) is 0 Å². The van der Waals surface area contributed by atoms with Gasteiger partial charge in [-0.25, -0.2) is 4.39 Å². The number of aromatic hydroxyl groups is 1. The molecule has 0 aliphatic heterocycles. The molecule has 2 aromatic rings. The van der Waals surface area contributed by atoms with Gasteiger partial charge in [-0.3, -0.25) is 0 Å². The predicted molar refractivity (Wildman–Crippen MR) is 93.7 cm³/mol. The average molecular weight is 336 g/mol. The molecule has 0 spiro atoms. The van der Waals surface area contributed by atoms with Crippen LogP contribution in [-0.4, -0.2) is 29.6 Å². The molecule has 2 rings (SSSR count). The zero-order valence-electron chi connectivity index (χ0n) is 13.4. The van der Waals surface area contributed by atoms with Crippen LogP contribution in [0.25, 0.3) is 0 Å². The Hall–Kier alpha value is -1.58. The predicted octanol–water partition coefficient (Wildman–Crippen LogP) is 4.68. The SMILES string of the molecule is CCCN(CCc1cccc(Cl)c1)CCc1ccc(F)c(O)c1. The quantitative estimate of drug-likeness (QED) is 0.757. The second-order valence-electron chi connectivity index (χ2n) is 5.76. The van der Waals surface area contributed by atoms with E-state index in [1.807, 2.05) is 18.2 Å². The maximum atomic E-state index is 13.1. The van der Waals surface area contributed by atoms with Crippen molar-refractivity contribution in [2.24, 2.45) is 0 Å². The Labute approximate surface area is 142 Å². The molecule has 0 unspecified atom stereocenters. The van der Waals surface area contributed by atoms with Crippen LogP contribution in [0.1, 0.15) is 24.5 Å². The molecule has 0 fully saturated rings. The molecule has 0 aliphatic rings. The molecule has 0 amide bonds. The lowest BCUT2D eigenvalue weighted by Crippen LogP contribution is -2.29. The number of benzene rings is 2. The van der Waals surface area contributed by atoms with Crippen LogP contribution in [0.15, 0.2) is 42.5 Å². The third kappa shape index (κ3) is 5.85. The number of halogens is 2. The van der Waals surface area contributed by atoms with E-state index < -0.39 is 5.82 Å². The molecule has 0 bridgehead atoms. The minimum absolute atomic E-state index is 0.275. The first-order chi connectivity index (χ1) is 11.1. The maximum Gasteiger partial charge on any atom is 0.164 e. The Morgan fingerprint density at radius 2 is 1.70 bits per heavy atom. The van der Waals surface area contributed by atoms with Crippen LogP contribution in [0.3, 0.4) is 0 Å². The fraction of sp³-hybridized carbons (Fsp3) is 0.368. The van der Waals surface area contributed by atoms with Crippen molar-refractivity contribution in [3.05, 3.63) is 64.4 Å². The molecule has 0 saturated heterocycles. The Balaban J connectivity index is 1.89. The average Bonchev–Trinajstić information content (AvgIpc) is 2.53. The van der Waals surface area contributed by atoms with E-state index in [0.717, 1.165) is 49.5 Å². The van der Waals surface area contributed by atoms with Gasteiger partial charge in [-0.1, -0.05) is 36.7 Å². The zero-order chi connectivity index (χ0) is 16.7. The number of phenols is 1. The molecule has 0 saturated carbocycles. The molecule has 2 nitrogen and oxygen atoms in total. The number of phenolic OH excluding ortho intramolecular Hbond substituents is 1. The van der Waals surface area contributed by atoms with E-state index in [1.165, 1.54) is 17.7 Å². The lowest BCUT2D eigenvalue weighted by atomic mass is 10.1. The first-order valence-corrected chi connectivity index (χ1v) is 8.40. The summed E-state index contributed by atoms with van der Waals surface area (Å²) in [7, 11) is 0. The summed E-state index contributed by atoms with van der Waals surface area (Å²) in [5.74, 6) is -0.844. The summed E-state index contributed by atoms with van der Waals surface area (Å²) in [4.78, 5) is 2.39. The minimum atomic E-state index is -0.569. The van der Waals surface area contributed by atoms with E-state index in [0.29, 0.717) is 0 Å². The highest BCUT2D eigenvalue weighted by molar-refractivity contribution is 6.30. The van der Waals surface area contributed by atoms with E-state index in [4.69, 9.17) is 11.6 Å². The van der Waals surface area contributed by atoms with Crippen LogP contribution in [0.4, 0.5) is 4.39 Å². The first-order valence-electron chi connectivity index (χ1n) is 8.02. The van der Waals surface area contributed by atoms with Crippen molar-refractivity contribution in [3.8, 4) is 5.75 Å². The molecule has 0 heterocycles. The van der Waals surface area contributed by atoms with E-state index in [2.05, 4.69) is 17.9 Å². The fourth-order valence-corrected chi connectivity index (χ4v) is 2.85. The summed E-state index contributed by atoms with van der Waals surface area (Å²) >= 11 is 6.02. The Kier molecular flexibility index (Phi) is 6.87. The van der Waals surface area contributed by atoms with Crippen molar-refractivity contribution in [3.63, 3.8) is 0 Å². The van der Waals surface area contributed by atoms with Crippen molar-refractivity contribution in [1.29, 1.82) is 0 Å². The summed E-state index contributed by atoms with van der Waals surface area (Å²) in [5.41, 5.74) is 2.19. The molecule has 0 aromatic heterocycles. The number of hydrogen-bond donors (Lipinski definition) is 1. The van der Waals surface area contributed by atoms with Crippen LogP contribution in [0, 0.1) is 5.82 Å². The van der Waals surface area contributed by atoms with Gasteiger partial charge in [-0.15, -0.1) is 0 Å². The van der Waals surface area contributed by atoms with E-state index in [1.54, 1.807) is 6.07 Å². The molecule has 0 radical (unpaired) electrons. The van der Waals surface area contributed by atoms with Crippen molar-refractivity contribution < 1.29 is 9.50 Å². The summed E-state index contributed by atoms with van der Waals surface area (Å²) in [6.07, 6.45) is 2.84. The van der Waals surface area contributed by atoms with Crippen molar-refractivity contribution in [2.75, 3.05) is 19.6 Å². The van der Waals surface area contributed by atoms with Gasteiger partial charge in [-0.2, -0.15) is 0 Å². The molecule has 1 N–H and O–H groups in total. The number of hydrogen-bond acceptors (Lipinski definition) is 2. The lowest BCUT2D eigenvalue weighted by Gasteiger charge is -2.22. The standard InChI is InChI=1S/C19H23ClFNO/c1-2-10-22(11-8-15-4-3-5-17(20)13-15)12-9-16-6-7-18(21)19(23)14-16/h3-7,13-14,23H,2,8-12H2,1H3. The fourth-order valence-electron chi connectivity index (χ4n) is 2.63. The molecule has 0 aliphatic carbocycles. The molecular weight excluding hydrogens is 313 g/mol. The molecule has 23 heavy (non-hydrogen) atoms. The van der Waals surface area contributed by atoms with Crippen LogP contribution in [-0.2, 0) is 12.8 Å². The number of rotatable bonds is 8. The second-order valence-corrected chi connectivity index (χ2v) is 6.19. The smallest absolute Gasteiger partial charge is 0.164 e. The monoisotopic (exact) mass is 335 g/mol. The Morgan fingerprint density at radius 1 is 1.00 bits per heavy atom. The lowest BCUT2D eigenvalue weighted by molar-refractivity contribution is 0.281. The van der Waals surface area contributed by atoms with Crippen molar-refractivity contribution >= 4 is 11.6 Å². The second kappa shape index (κ2) is 8.90. The van der Waals surface area contributed by atoms with Gasteiger partial charge in [0.05, 0.1) is 0 Å². The summed E-state index contributed by atoms with van der Waals surface area (Å²) in [6, 6.07) is 12.5. The highest BCUT2D eigenvalue weighted by atomic mass is 35.5. The highest BCUT2D eigenvalue weighted by Crippen LogP contribution is 2.17. The van der Waals surface area contributed by atoms with Gasteiger partial charge in [0, 0.05) is 18.1 Å². The van der Waals surface area contributed by atoms with Crippen LogP contribution >= 0.6 is 11.6 Å². The molecular formula is C19H23ClFNO. The van der Waals surface area contributed by atoms with Gasteiger partial charge in [0.15, 0.2) is 11.6 Å². The topological polar surface area (TPSA) is 23.5 Å². The third-order valence-electron chi connectivity index (χ3n) is 3.87. The zero-order valence-corrected chi connectivity index (χ0v) is 14.2. The van der Waals surface area contributed by atoms with Gasteiger partial charge in [-0.05, 0) is 61.2 Å². The van der Waals surface area contributed by atoms with Crippen LogP contribution in [0.5, 0.6) is 5.75 Å². The molecule has 2 aromatic carbocycles. The molecule has 124 valence electrons. The largest absolute Gasteiger partial charge is 0.505 e. The van der Waals surface area contributed by atoms with Crippen molar-refractivity contribution in [2.45, 2.75) is 26.2 Å². The van der Waals surface area contributed by atoms with Gasteiger partial charge in [0.1, 0.15) is 0 Å². The van der Waals surface area contributed by atoms with E-state index in [9.17, 15) is 9.50 Å². The van der Waals surface area contributed by atoms with Crippen molar-refractivity contribution in [1.82, 2.24) is 4.90 Å². The van der Waals surface area contributed by atoms with E-state index >= 15 is 0 Å². The van der Waals surface area contributed by atoms with Crippen LogP contribution in [0.2, 0.25) is 5.02 Å². The normalized spacial score (nSPS) is 11.1. The summed E-state index contributed by atoms with van der Waals surface area (Å²) in [5, 5.41) is 10.2. The first kappa shape index (κ1) is 17.8. The van der Waals surface area contributed by atoms with Gasteiger partial charge >= 0.3 is 0 Å². The molecule has 0 atom stereocenters. The van der Waals surface area contributed by atoms with E-state index in [-0.39, 0.29) is 5.75 Å².